The van der Waals surface area contributed by atoms with Gasteiger partial charge in [-0.15, -0.1) is 0 Å². The van der Waals surface area contributed by atoms with Crippen molar-refractivity contribution in [3.05, 3.63) is 0 Å². The number of carbonyl (C=O) groups excluding carboxylic acids is 2. The number of nitrogens with two attached hydrogens (primary N) is 1. The minimum atomic E-state index is -0.0128. The summed E-state index contributed by atoms with van der Waals surface area (Å²) in [6.07, 6.45) is 2.90. The first-order chi connectivity index (χ1) is 9.13. The Bertz CT molecular complexity index is 340. The number of hydrogen-bond acceptors (Lipinski definition) is 4. The van der Waals surface area contributed by atoms with Gasteiger partial charge in [-0.1, -0.05) is 6.42 Å². The highest BCUT2D eigenvalue weighted by molar-refractivity contribution is 5.81. The minimum absolute atomic E-state index is 0.00725. The number of carbonyl (C=O) groups is 2. The van der Waals surface area contributed by atoms with E-state index < -0.39 is 0 Å². The molecule has 6 nitrogen and oxygen atoms in total. The van der Waals surface area contributed by atoms with Crippen molar-refractivity contribution in [2.75, 3.05) is 39.9 Å². The van der Waals surface area contributed by atoms with Crippen molar-refractivity contribution in [1.82, 2.24) is 9.80 Å². The molecule has 0 bridgehead atoms. The Morgan fingerprint density at radius 2 is 1.79 bits per heavy atom. The Labute approximate surface area is 113 Å². The second-order valence-corrected chi connectivity index (χ2v) is 5.34. The molecule has 0 radical (unpaired) electrons. The molecule has 108 valence electrons. The average molecular weight is 269 g/mol. The number of rotatable bonds is 3. The summed E-state index contributed by atoms with van der Waals surface area (Å²) in [6, 6.07) is 0.0145. The average Bonchev–Trinajstić information content (AvgIpc) is 2.84. The fraction of sp³-hybridized carbons (Fsp3) is 0.846. The Morgan fingerprint density at radius 1 is 1.16 bits per heavy atom. The summed E-state index contributed by atoms with van der Waals surface area (Å²) in [5.74, 6) is 0.150. The molecule has 2 rings (SSSR count). The lowest BCUT2D eigenvalue weighted by Crippen LogP contribution is -2.53. The van der Waals surface area contributed by atoms with E-state index in [4.69, 9.17) is 10.5 Å². The molecule has 2 unspecified atom stereocenters. The van der Waals surface area contributed by atoms with Gasteiger partial charge in [-0.25, -0.2) is 0 Å². The maximum absolute atomic E-state index is 12.3. The largest absolute Gasteiger partial charge is 0.375 e. The van der Waals surface area contributed by atoms with Crippen LogP contribution in [0.15, 0.2) is 0 Å². The molecule has 6 heteroatoms. The number of amides is 2. The van der Waals surface area contributed by atoms with Crippen molar-refractivity contribution >= 4 is 11.8 Å². The van der Waals surface area contributed by atoms with Crippen molar-refractivity contribution in [2.45, 2.75) is 25.3 Å². The molecular formula is C13H23N3O3. The maximum atomic E-state index is 12.3. The molecule has 2 fully saturated rings. The SMILES string of the molecule is COCC(=O)N1CCN(C(=O)C2CCCC2N)CC1. The van der Waals surface area contributed by atoms with Crippen LogP contribution in [0.3, 0.4) is 0 Å². The number of nitrogens with zero attached hydrogens (tertiary/aromatic N) is 2. The highest BCUT2D eigenvalue weighted by Gasteiger charge is 2.34. The lowest BCUT2D eigenvalue weighted by Gasteiger charge is -2.36. The zero-order valence-corrected chi connectivity index (χ0v) is 11.5. The van der Waals surface area contributed by atoms with Crippen molar-refractivity contribution < 1.29 is 14.3 Å². The van der Waals surface area contributed by atoms with Crippen LogP contribution in [0.2, 0.25) is 0 Å². The van der Waals surface area contributed by atoms with Gasteiger partial charge in [0, 0.05) is 39.3 Å². The predicted molar refractivity (Wildman–Crippen MR) is 70.4 cm³/mol. The fourth-order valence-corrected chi connectivity index (χ4v) is 2.92. The van der Waals surface area contributed by atoms with Gasteiger partial charge in [0.25, 0.3) is 0 Å². The van der Waals surface area contributed by atoms with E-state index in [1.165, 1.54) is 7.11 Å². The summed E-state index contributed by atoms with van der Waals surface area (Å²) in [7, 11) is 1.51. The summed E-state index contributed by atoms with van der Waals surface area (Å²) in [4.78, 5) is 27.6. The van der Waals surface area contributed by atoms with Crippen LogP contribution in [0.1, 0.15) is 19.3 Å². The molecule has 2 aliphatic rings. The van der Waals surface area contributed by atoms with Crippen LogP contribution in [-0.4, -0.2) is 67.6 Å². The molecule has 1 heterocycles. The molecule has 1 saturated carbocycles. The summed E-state index contributed by atoms with van der Waals surface area (Å²) in [5.41, 5.74) is 5.97. The van der Waals surface area contributed by atoms with E-state index >= 15 is 0 Å². The third-order valence-electron chi connectivity index (χ3n) is 4.10. The molecule has 1 aliphatic heterocycles. The van der Waals surface area contributed by atoms with Gasteiger partial charge in [0.05, 0.1) is 5.92 Å². The van der Waals surface area contributed by atoms with Crippen LogP contribution >= 0.6 is 0 Å². The summed E-state index contributed by atoms with van der Waals surface area (Å²) < 4.78 is 4.84. The van der Waals surface area contributed by atoms with Gasteiger partial charge < -0.3 is 20.3 Å². The lowest BCUT2D eigenvalue weighted by atomic mass is 10.0. The van der Waals surface area contributed by atoms with Crippen LogP contribution in [-0.2, 0) is 14.3 Å². The second-order valence-electron chi connectivity index (χ2n) is 5.34. The molecule has 0 spiro atoms. The Balaban J connectivity index is 1.82. The van der Waals surface area contributed by atoms with Crippen molar-refractivity contribution in [1.29, 1.82) is 0 Å². The van der Waals surface area contributed by atoms with Crippen LogP contribution in [0.25, 0.3) is 0 Å². The molecule has 0 aromatic heterocycles. The van der Waals surface area contributed by atoms with Crippen LogP contribution in [0.4, 0.5) is 0 Å². The van der Waals surface area contributed by atoms with Crippen LogP contribution < -0.4 is 5.73 Å². The standard InChI is InChI=1S/C13H23N3O3/c1-19-9-12(17)15-5-7-16(8-6-15)13(18)10-3-2-4-11(10)14/h10-11H,2-9,14H2,1H3. The van der Waals surface area contributed by atoms with E-state index in [0.717, 1.165) is 19.3 Å². The first-order valence-corrected chi connectivity index (χ1v) is 6.94. The van der Waals surface area contributed by atoms with Crippen molar-refractivity contribution in [3.63, 3.8) is 0 Å². The zero-order valence-electron chi connectivity index (χ0n) is 11.5. The molecule has 1 aliphatic carbocycles. The van der Waals surface area contributed by atoms with E-state index in [-0.39, 0.29) is 30.4 Å². The lowest BCUT2D eigenvalue weighted by molar-refractivity contribution is -0.144. The third kappa shape index (κ3) is 3.25. The summed E-state index contributed by atoms with van der Waals surface area (Å²) in [5, 5.41) is 0. The molecule has 19 heavy (non-hydrogen) atoms. The van der Waals surface area contributed by atoms with E-state index in [2.05, 4.69) is 0 Å². The zero-order chi connectivity index (χ0) is 13.8. The molecule has 0 aromatic carbocycles. The maximum Gasteiger partial charge on any atom is 0.248 e. The van der Waals surface area contributed by atoms with E-state index in [1.54, 1.807) is 4.90 Å². The molecule has 2 N–H and O–H groups in total. The highest BCUT2D eigenvalue weighted by atomic mass is 16.5. The Kier molecular flexibility index (Phi) is 4.76. The van der Waals surface area contributed by atoms with Crippen molar-refractivity contribution in [3.8, 4) is 0 Å². The summed E-state index contributed by atoms with van der Waals surface area (Å²) >= 11 is 0. The quantitative estimate of drug-likeness (QED) is 0.744. The first kappa shape index (κ1) is 14.3. The fourth-order valence-electron chi connectivity index (χ4n) is 2.92. The molecule has 2 amide bonds. The molecular weight excluding hydrogens is 246 g/mol. The van der Waals surface area contributed by atoms with Gasteiger partial charge in [0.1, 0.15) is 6.61 Å². The van der Waals surface area contributed by atoms with Crippen LogP contribution in [0, 0.1) is 5.92 Å². The van der Waals surface area contributed by atoms with Gasteiger partial charge >= 0.3 is 0 Å². The number of ether oxygens (including phenoxy) is 1. The smallest absolute Gasteiger partial charge is 0.248 e. The number of hydrogen-bond donors (Lipinski definition) is 1. The molecule has 0 aromatic rings. The van der Waals surface area contributed by atoms with Gasteiger partial charge in [0.2, 0.25) is 11.8 Å². The molecule has 1 saturated heterocycles. The monoisotopic (exact) mass is 269 g/mol. The van der Waals surface area contributed by atoms with Crippen LogP contribution in [0.5, 0.6) is 0 Å². The Morgan fingerprint density at radius 3 is 2.32 bits per heavy atom. The van der Waals surface area contributed by atoms with Crippen molar-refractivity contribution in [2.24, 2.45) is 11.7 Å². The topological polar surface area (TPSA) is 75.9 Å². The second kappa shape index (κ2) is 6.34. The number of piperazine rings is 1. The van der Waals surface area contributed by atoms with Gasteiger partial charge in [-0.2, -0.15) is 0 Å². The molecule has 2 atom stereocenters. The van der Waals surface area contributed by atoms with Gasteiger partial charge in [-0.05, 0) is 12.8 Å². The van der Waals surface area contributed by atoms with E-state index in [0.29, 0.717) is 26.2 Å². The minimum Gasteiger partial charge on any atom is -0.375 e. The highest BCUT2D eigenvalue weighted by Crippen LogP contribution is 2.26. The summed E-state index contributed by atoms with van der Waals surface area (Å²) in [6.45, 7) is 2.52. The van der Waals surface area contributed by atoms with Gasteiger partial charge in [-0.3, -0.25) is 9.59 Å². The number of methoxy groups -OCH3 is 1. The third-order valence-corrected chi connectivity index (χ3v) is 4.10. The first-order valence-electron chi connectivity index (χ1n) is 6.94. The Hall–Kier alpha value is -1.14. The van der Waals surface area contributed by atoms with E-state index in [9.17, 15) is 9.59 Å². The predicted octanol–water partition coefficient (Wildman–Crippen LogP) is -0.569. The van der Waals surface area contributed by atoms with E-state index in [1.807, 2.05) is 4.90 Å². The normalized spacial score (nSPS) is 27.7. The van der Waals surface area contributed by atoms with Gasteiger partial charge in [0.15, 0.2) is 0 Å².